The van der Waals surface area contributed by atoms with Crippen LogP contribution in [-0.2, 0) is 0 Å². The Morgan fingerprint density at radius 3 is 2.29 bits per heavy atom. The molecule has 4 aromatic rings. The number of nitrogens with one attached hydrogen (secondary N) is 1. The molecular weight excluding hydrogens is 340 g/mol. The highest BCUT2D eigenvalue weighted by Gasteiger charge is 2.08. The molecule has 0 bridgehead atoms. The summed E-state index contributed by atoms with van der Waals surface area (Å²) >= 11 is 7.88. The molecule has 0 atom stereocenters. The van der Waals surface area contributed by atoms with Crippen LogP contribution in [0.5, 0.6) is 0 Å². The molecule has 6 heteroatoms. The molecule has 118 valence electrons. The second kappa shape index (κ2) is 6.19. The second-order valence-corrected chi connectivity index (χ2v) is 6.73. The van der Waals surface area contributed by atoms with Crippen LogP contribution in [0.15, 0.2) is 53.9 Å². The maximum Gasteiger partial charge on any atom is 0.172 e. The summed E-state index contributed by atoms with van der Waals surface area (Å²) in [7, 11) is 0. The third kappa shape index (κ3) is 2.96. The number of aromatic nitrogens is 3. The van der Waals surface area contributed by atoms with Crippen molar-refractivity contribution in [3.05, 3.63) is 64.1 Å². The van der Waals surface area contributed by atoms with Gasteiger partial charge < -0.3 is 5.32 Å². The van der Waals surface area contributed by atoms with E-state index in [1.165, 1.54) is 0 Å². The van der Waals surface area contributed by atoms with Crippen LogP contribution in [0.2, 0.25) is 5.15 Å². The Hall–Kier alpha value is -2.50. The number of fused-ring (bicyclic) bond motifs is 1. The SMILES string of the molecule is Cc1nc(-c2ccc(Nc3nc4ccccc4nc3Cl)cc2)cs1. The zero-order valence-electron chi connectivity index (χ0n) is 12.8. The van der Waals surface area contributed by atoms with Crippen LogP contribution in [-0.4, -0.2) is 15.0 Å². The van der Waals surface area contributed by atoms with Gasteiger partial charge in [0, 0.05) is 16.6 Å². The van der Waals surface area contributed by atoms with Crippen molar-refractivity contribution in [2.24, 2.45) is 0 Å². The summed E-state index contributed by atoms with van der Waals surface area (Å²) in [6, 6.07) is 15.7. The number of anilines is 2. The molecule has 24 heavy (non-hydrogen) atoms. The predicted octanol–water partition coefficient (Wildman–Crippen LogP) is 5.46. The first-order chi connectivity index (χ1) is 11.7. The smallest absolute Gasteiger partial charge is 0.172 e. The fraction of sp³-hybridized carbons (Fsp3) is 0.0556. The zero-order chi connectivity index (χ0) is 16.5. The Morgan fingerprint density at radius 1 is 0.917 bits per heavy atom. The average Bonchev–Trinajstić information content (AvgIpc) is 3.03. The second-order valence-electron chi connectivity index (χ2n) is 5.31. The van der Waals surface area contributed by atoms with E-state index in [1.807, 2.05) is 55.5 Å². The summed E-state index contributed by atoms with van der Waals surface area (Å²) in [5, 5.41) is 6.70. The molecule has 0 aliphatic rings. The van der Waals surface area contributed by atoms with Crippen LogP contribution in [0.1, 0.15) is 5.01 Å². The lowest BCUT2D eigenvalue weighted by molar-refractivity contribution is 1.28. The monoisotopic (exact) mass is 352 g/mol. The molecule has 0 amide bonds. The topological polar surface area (TPSA) is 50.7 Å². The van der Waals surface area contributed by atoms with Gasteiger partial charge in [-0.1, -0.05) is 35.9 Å². The van der Waals surface area contributed by atoms with Gasteiger partial charge in [0.15, 0.2) is 11.0 Å². The van der Waals surface area contributed by atoms with Gasteiger partial charge in [0.2, 0.25) is 0 Å². The Bertz CT molecular complexity index is 1010. The van der Waals surface area contributed by atoms with Crippen molar-refractivity contribution in [1.82, 2.24) is 15.0 Å². The van der Waals surface area contributed by atoms with Crippen molar-refractivity contribution in [3.8, 4) is 11.3 Å². The minimum absolute atomic E-state index is 0.355. The number of hydrogen-bond acceptors (Lipinski definition) is 5. The molecule has 0 aliphatic heterocycles. The van der Waals surface area contributed by atoms with Gasteiger partial charge in [-0.2, -0.15) is 0 Å². The zero-order valence-corrected chi connectivity index (χ0v) is 14.4. The molecule has 0 fully saturated rings. The van der Waals surface area contributed by atoms with Gasteiger partial charge in [-0.05, 0) is 31.2 Å². The number of aryl methyl sites for hydroxylation is 1. The normalized spacial score (nSPS) is 10.9. The molecule has 1 N–H and O–H groups in total. The lowest BCUT2D eigenvalue weighted by atomic mass is 10.1. The molecule has 0 saturated heterocycles. The Labute approximate surface area is 148 Å². The number of thiazole rings is 1. The summed E-state index contributed by atoms with van der Waals surface area (Å²) in [5.41, 5.74) is 4.56. The summed E-state index contributed by atoms with van der Waals surface area (Å²) < 4.78 is 0. The maximum absolute atomic E-state index is 6.24. The van der Waals surface area contributed by atoms with Crippen molar-refractivity contribution in [1.29, 1.82) is 0 Å². The third-order valence-corrected chi connectivity index (χ3v) is 4.63. The average molecular weight is 353 g/mol. The van der Waals surface area contributed by atoms with E-state index >= 15 is 0 Å². The van der Waals surface area contributed by atoms with Crippen LogP contribution in [0, 0.1) is 6.92 Å². The lowest BCUT2D eigenvalue weighted by Crippen LogP contribution is -1.97. The van der Waals surface area contributed by atoms with E-state index in [1.54, 1.807) is 11.3 Å². The van der Waals surface area contributed by atoms with E-state index in [4.69, 9.17) is 11.6 Å². The minimum Gasteiger partial charge on any atom is -0.338 e. The molecule has 4 rings (SSSR count). The van der Waals surface area contributed by atoms with Crippen LogP contribution >= 0.6 is 22.9 Å². The van der Waals surface area contributed by atoms with E-state index < -0.39 is 0 Å². The van der Waals surface area contributed by atoms with Crippen molar-refractivity contribution < 1.29 is 0 Å². The number of rotatable bonds is 3. The molecule has 0 unspecified atom stereocenters. The van der Waals surface area contributed by atoms with Crippen molar-refractivity contribution in [2.45, 2.75) is 6.92 Å². The molecule has 0 radical (unpaired) electrons. The Kier molecular flexibility index (Phi) is 3.88. The Morgan fingerprint density at radius 2 is 1.62 bits per heavy atom. The number of hydrogen-bond donors (Lipinski definition) is 1. The van der Waals surface area contributed by atoms with E-state index in [2.05, 4.69) is 25.6 Å². The largest absolute Gasteiger partial charge is 0.338 e. The summed E-state index contributed by atoms with van der Waals surface area (Å²) in [4.78, 5) is 13.4. The fourth-order valence-electron chi connectivity index (χ4n) is 2.42. The fourth-order valence-corrected chi connectivity index (χ4v) is 3.22. The first-order valence-electron chi connectivity index (χ1n) is 7.41. The van der Waals surface area contributed by atoms with Gasteiger partial charge >= 0.3 is 0 Å². The highest BCUT2D eigenvalue weighted by Crippen LogP contribution is 2.27. The van der Waals surface area contributed by atoms with Gasteiger partial charge in [0.1, 0.15) is 0 Å². The Balaban J connectivity index is 1.62. The van der Waals surface area contributed by atoms with Gasteiger partial charge in [-0.3, -0.25) is 0 Å². The van der Waals surface area contributed by atoms with Crippen LogP contribution < -0.4 is 5.32 Å². The number of nitrogens with zero attached hydrogens (tertiary/aromatic N) is 3. The highest BCUT2D eigenvalue weighted by atomic mass is 35.5. The lowest BCUT2D eigenvalue weighted by Gasteiger charge is -2.08. The molecular formula is C18H13ClN4S. The quantitative estimate of drug-likeness (QED) is 0.532. The van der Waals surface area contributed by atoms with E-state index in [0.29, 0.717) is 11.0 Å². The van der Waals surface area contributed by atoms with Gasteiger partial charge in [-0.25, -0.2) is 15.0 Å². The van der Waals surface area contributed by atoms with E-state index in [0.717, 1.165) is 33.0 Å². The molecule has 0 spiro atoms. The molecule has 4 nitrogen and oxygen atoms in total. The molecule has 0 aliphatic carbocycles. The summed E-state index contributed by atoms with van der Waals surface area (Å²) in [6.07, 6.45) is 0. The van der Waals surface area contributed by atoms with Crippen molar-refractivity contribution in [3.63, 3.8) is 0 Å². The van der Waals surface area contributed by atoms with Crippen molar-refractivity contribution in [2.75, 3.05) is 5.32 Å². The first-order valence-corrected chi connectivity index (χ1v) is 8.67. The predicted molar refractivity (Wildman–Crippen MR) is 100 cm³/mol. The summed E-state index contributed by atoms with van der Waals surface area (Å²) in [5.74, 6) is 0.549. The molecule has 2 aromatic carbocycles. The number of para-hydroxylation sites is 2. The first kappa shape index (κ1) is 15.1. The third-order valence-electron chi connectivity index (χ3n) is 3.59. The number of benzene rings is 2. The van der Waals surface area contributed by atoms with E-state index in [-0.39, 0.29) is 0 Å². The molecule has 0 saturated carbocycles. The maximum atomic E-state index is 6.24. The standard InChI is InChI=1S/C18H13ClN4S/c1-11-20-16(10-24-11)12-6-8-13(9-7-12)21-18-17(19)22-14-4-2-3-5-15(14)23-18/h2-10H,1H3,(H,21,23). The molecule has 2 aromatic heterocycles. The van der Waals surface area contributed by atoms with Gasteiger partial charge in [0.05, 0.1) is 21.7 Å². The van der Waals surface area contributed by atoms with Crippen LogP contribution in [0.4, 0.5) is 11.5 Å². The van der Waals surface area contributed by atoms with E-state index in [9.17, 15) is 0 Å². The summed E-state index contributed by atoms with van der Waals surface area (Å²) in [6.45, 7) is 2.00. The van der Waals surface area contributed by atoms with Gasteiger partial charge in [-0.15, -0.1) is 11.3 Å². The minimum atomic E-state index is 0.355. The van der Waals surface area contributed by atoms with Crippen LogP contribution in [0.25, 0.3) is 22.3 Å². The molecule has 2 heterocycles. The number of halogens is 1. The van der Waals surface area contributed by atoms with Crippen LogP contribution in [0.3, 0.4) is 0 Å². The highest BCUT2D eigenvalue weighted by molar-refractivity contribution is 7.09. The van der Waals surface area contributed by atoms with Crippen molar-refractivity contribution >= 4 is 45.5 Å². The van der Waals surface area contributed by atoms with Gasteiger partial charge in [0.25, 0.3) is 0 Å².